The Balaban J connectivity index is 1.85. The fraction of sp³-hybridized carbons (Fsp3) is 0.167. The summed E-state index contributed by atoms with van der Waals surface area (Å²) in [5.74, 6) is -0.325. The number of allylic oxidation sites excluding steroid dienone is 1. The predicted molar refractivity (Wildman–Crippen MR) is 112 cm³/mol. The van der Waals surface area contributed by atoms with Crippen molar-refractivity contribution in [3.63, 3.8) is 0 Å². The van der Waals surface area contributed by atoms with Crippen LogP contribution in [0.1, 0.15) is 33.6 Å². The molecule has 2 atom stereocenters. The molecule has 1 aliphatic heterocycles. The van der Waals surface area contributed by atoms with Crippen LogP contribution in [0.3, 0.4) is 0 Å². The van der Waals surface area contributed by atoms with Crippen molar-refractivity contribution in [2.75, 3.05) is 19.0 Å². The summed E-state index contributed by atoms with van der Waals surface area (Å²) in [6.07, 6.45) is 4.68. The van der Waals surface area contributed by atoms with Gasteiger partial charge >= 0.3 is 0 Å². The number of aldehydes is 1. The van der Waals surface area contributed by atoms with Crippen LogP contribution in [0, 0.1) is 0 Å². The van der Waals surface area contributed by atoms with Crippen molar-refractivity contribution < 1.29 is 9.59 Å². The molecule has 0 N–H and O–H groups in total. The number of aromatic nitrogens is 1. The Morgan fingerprint density at radius 3 is 2.32 bits per heavy atom. The topological polar surface area (TPSA) is 42.3 Å². The summed E-state index contributed by atoms with van der Waals surface area (Å²) in [7, 11) is 3.97. The summed E-state index contributed by atoms with van der Waals surface area (Å²) < 4.78 is 1.98. The van der Waals surface area contributed by atoms with Gasteiger partial charge in [-0.05, 0) is 35.9 Å². The van der Waals surface area contributed by atoms with Gasteiger partial charge in [0.05, 0.1) is 0 Å². The maximum atomic E-state index is 13.5. The molecule has 4 rings (SSSR count). The Morgan fingerprint density at radius 2 is 1.68 bits per heavy atom. The number of carbonyl (C=O) groups is 2. The van der Waals surface area contributed by atoms with Gasteiger partial charge in [0.25, 0.3) is 0 Å². The fourth-order valence-corrected chi connectivity index (χ4v) is 3.90. The van der Waals surface area contributed by atoms with Crippen LogP contribution in [0.15, 0.2) is 78.5 Å². The molecular weight excluding hydrogens is 348 g/mol. The first kappa shape index (κ1) is 18.0. The van der Waals surface area contributed by atoms with Crippen LogP contribution in [0.5, 0.6) is 0 Å². The molecule has 0 radical (unpaired) electrons. The number of rotatable bonds is 5. The molecule has 1 aromatic heterocycles. The highest BCUT2D eigenvalue weighted by Crippen LogP contribution is 2.42. The number of carbonyl (C=O) groups excluding carboxylic acids is 2. The molecule has 0 saturated carbocycles. The number of hydrogen-bond acceptors (Lipinski definition) is 3. The number of fused-ring (bicyclic) bond motifs is 1. The van der Waals surface area contributed by atoms with Crippen molar-refractivity contribution >= 4 is 23.8 Å². The minimum absolute atomic E-state index is 0.00665. The Labute approximate surface area is 164 Å². The van der Waals surface area contributed by atoms with Gasteiger partial charge in [0.15, 0.2) is 5.78 Å². The van der Waals surface area contributed by atoms with Gasteiger partial charge in [0.1, 0.15) is 12.3 Å². The van der Waals surface area contributed by atoms with Crippen molar-refractivity contribution in [1.29, 1.82) is 0 Å². The SMILES string of the molecule is CN(C)c1ccc(C2C(C=O)=Cc3cccn3C2C(=O)c2ccccc2)cc1. The second-order valence-electron chi connectivity index (χ2n) is 7.24. The van der Waals surface area contributed by atoms with Crippen molar-refractivity contribution in [1.82, 2.24) is 4.57 Å². The molecule has 4 heteroatoms. The number of nitrogens with zero attached hydrogens (tertiary/aromatic N) is 2. The maximum absolute atomic E-state index is 13.5. The first-order valence-corrected chi connectivity index (χ1v) is 9.30. The van der Waals surface area contributed by atoms with Gasteiger partial charge in [-0.25, -0.2) is 0 Å². The quantitative estimate of drug-likeness (QED) is 0.495. The standard InChI is InChI=1S/C24H22N2O2/c1-25(2)20-12-10-17(11-13-20)22-19(16-27)15-21-9-6-14-26(21)23(22)24(28)18-7-4-3-5-8-18/h3-16,22-23H,1-2H3. The lowest BCUT2D eigenvalue weighted by Crippen LogP contribution is -2.31. The number of anilines is 1. The second kappa shape index (κ2) is 7.31. The Bertz CT molecular complexity index is 1030. The molecule has 0 amide bonds. The Hall–Kier alpha value is -3.40. The molecule has 4 nitrogen and oxygen atoms in total. The first-order chi connectivity index (χ1) is 13.6. The molecule has 1 aliphatic rings. The minimum atomic E-state index is -0.497. The third kappa shape index (κ3) is 3.07. The van der Waals surface area contributed by atoms with E-state index < -0.39 is 6.04 Å². The monoisotopic (exact) mass is 370 g/mol. The molecule has 140 valence electrons. The van der Waals surface area contributed by atoms with Gasteiger partial charge in [-0.2, -0.15) is 0 Å². The highest BCUT2D eigenvalue weighted by molar-refractivity contribution is 6.02. The van der Waals surface area contributed by atoms with E-state index in [9.17, 15) is 9.59 Å². The van der Waals surface area contributed by atoms with Crippen molar-refractivity contribution in [3.05, 3.63) is 95.3 Å². The lowest BCUT2D eigenvalue weighted by Gasteiger charge is -2.33. The minimum Gasteiger partial charge on any atom is -0.378 e. The van der Waals surface area contributed by atoms with Gasteiger partial charge in [-0.15, -0.1) is 0 Å². The van der Waals surface area contributed by atoms with Crippen LogP contribution < -0.4 is 4.90 Å². The molecule has 2 heterocycles. The summed E-state index contributed by atoms with van der Waals surface area (Å²) >= 11 is 0. The molecule has 28 heavy (non-hydrogen) atoms. The number of hydrogen-bond donors (Lipinski definition) is 0. The van der Waals surface area contributed by atoms with Crippen LogP contribution >= 0.6 is 0 Å². The average molecular weight is 370 g/mol. The summed E-state index contributed by atoms with van der Waals surface area (Å²) in [6.45, 7) is 0. The average Bonchev–Trinajstić information content (AvgIpc) is 3.20. The van der Waals surface area contributed by atoms with Crippen molar-refractivity contribution in [2.45, 2.75) is 12.0 Å². The second-order valence-corrected chi connectivity index (χ2v) is 7.24. The number of Topliss-reactive ketones (excluding diaryl/α,β-unsaturated/α-hetero) is 1. The summed E-state index contributed by atoms with van der Waals surface area (Å²) in [6, 6.07) is 20.7. The summed E-state index contributed by atoms with van der Waals surface area (Å²) in [4.78, 5) is 27.5. The zero-order valence-electron chi connectivity index (χ0n) is 15.9. The van der Waals surface area contributed by atoms with E-state index in [1.807, 2.05) is 103 Å². The third-order valence-corrected chi connectivity index (χ3v) is 5.33. The molecule has 3 aromatic rings. The van der Waals surface area contributed by atoms with Crippen LogP contribution in [-0.4, -0.2) is 30.7 Å². The zero-order chi connectivity index (χ0) is 19.7. The van der Waals surface area contributed by atoms with Crippen LogP contribution in [0.4, 0.5) is 5.69 Å². The van der Waals surface area contributed by atoms with Gasteiger partial charge in [0, 0.05) is 48.7 Å². The van der Waals surface area contributed by atoms with E-state index in [0.717, 1.165) is 23.2 Å². The van der Waals surface area contributed by atoms with Gasteiger partial charge in [-0.3, -0.25) is 9.59 Å². The van der Waals surface area contributed by atoms with E-state index in [-0.39, 0.29) is 11.7 Å². The normalized spacial score (nSPS) is 18.1. The first-order valence-electron chi connectivity index (χ1n) is 9.30. The van der Waals surface area contributed by atoms with Gasteiger partial charge in [-0.1, -0.05) is 42.5 Å². The van der Waals surface area contributed by atoms with Crippen LogP contribution in [0.2, 0.25) is 0 Å². The van der Waals surface area contributed by atoms with Crippen molar-refractivity contribution in [2.24, 2.45) is 0 Å². The molecule has 0 bridgehead atoms. The van der Waals surface area contributed by atoms with E-state index in [0.29, 0.717) is 11.1 Å². The number of ketones is 1. The largest absolute Gasteiger partial charge is 0.378 e. The third-order valence-electron chi connectivity index (χ3n) is 5.33. The molecular formula is C24H22N2O2. The zero-order valence-corrected chi connectivity index (χ0v) is 15.9. The molecule has 0 aliphatic carbocycles. The molecule has 0 spiro atoms. The van der Waals surface area contributed by atoms with Crippen LogP contribution in [0.25, 0.3) is 6.08 Å². The van der Waals surface area contributed by atoms with E-state index >= 15 is 0 Å². The van der Waals surface area contributed by atoms with Gasteiger partial charge < -0.3 is 9.47 Å². The lowest BCUT2D eigenvalue weighted by atomic mass is 9.79. The van der Waals surface area contributed by atoms with E-state index in [1.54, 1.807) is 0 Å². The smallest absolute Gasteiger partial charge is 0.186 e. The summed E-state index contributed by atoms with van der Waals surface area (Å²) in [5.41, 5.74) is 4.17. The van der Waals surface area contributed by atoms with Gasteiger partial charge in [0.2, 0.25) is 0 Å². The fourth-order valence-electron chi connectivity index (χ4n) is 3.90. The highest BCUT2D eigenvalue weighted by Gasteiger charge is 2.37. The maximum Gasteiger partial charge on any atom is 0.186 e. The molecule has 2 unspecified atom stereocenters. The predicted octanol–water partition coefficient (Wildman–Crippen LogP) is 4.36. The van der Waals surface area contributed by atoms with E-state index in [1.165, 1.54) is 0 Å². The molecule has 0 saturated heterocycles. The van der Waals surface area contributed by atoms with Crippen molar-refractivity contribution in [3.8, 4) is 0 Å². The Kier molecular flexibility index (Phi) is 4.70. The highest BCUT2D eigenvalue weighted by atomic mass is 16.1. The number of benzene rings is 2. The van der Waals surface area contributed by atoms with Crippen LogP contribution in [-0.2, 0) is 4.79 Å². The lowest BCUT2D eigenvalue weighted by molar-refractivity contribution is -0.105. The molecule has 0 fully saturated rings. The molecule has 2 aromatic carbocycles. The van der Waals surface area contributed by atoms with E-state index in [2.05, 4.69) is 0 Å². The Morgan fingerprint density at radius 1 is 0.964 bits per heavy atom. The van der Waals surface area contributed by atoms with E-state index in [4.69, 9.17) is 0 Å². The summed E-state index contributed by atoms with van der Waals surface area (Å²) in [5, 5.41) is 0.